The van der Waals surface area contributed by atoms with E-state index in [2.05, 4.69) is 61.4 Å². The van der Waals surface area contributed by atoms with Gasteiger partial charge in [-0.2, -0.15) is 0 Å². The highest BCUT2D eigenvalue weighted by molar-refractivity contribution is 14.0. The van der Waals surface area contributed by atoms with Gasteiger partial charge in [0.05, 0.1) is 11.4 Å². The van der Waals surface area contributed by atoms with Crippen LogP contribution in [0.1, 0.15) is 18.9 Å². The monoisotopic (exact) mass is 555 g/mol. The molecule has 3 N–H and O–H groups in total. The van der Waals surface area contributed by atoms with Crippen molar-refractivity contribution in [1.29, 1.82) is 0 Å². The van der Waals surface area contributed by atoms with Crippen LogP contribution < -0.4 is 15.4 Å². The Morgan fingerprint density at radius 3 is 2.65 bits per heavy atom. The quantitative estimate of drug-likeness (QED) is 0.164. The Morgan fingerprint density at radius 2 is 1.87 bits per heavy atom. The summed E-state index contributed by atoms with van der Waals surface area (Å²) in [6.07, 6.45) is 3.08. The van der Waals surface area contributed by atoms with Gasteiger partial charge in [0.2, 0.25) is 10.0 Å². The normalized spacial score (nSPS) is 11.9. The summed E-state index contributed by atoms with van der Waals surface area (Å²) in [5, 5.41) is 7.84. The van der Waals surface area contributed by atoms with Gasteiger partial charge in [0.25, 0.3) is 0 Å². The molecular weight excluding hydrogens is 525 g/mol. The molecule has 0 bridgehead atoms. The predicted octanol–water partition coefficient (Wildman–Crippen LogP) is 3.31. The number of sulfonamides is 1. The van der Waals surface area contributed by atoms with Crippen LogP contribution in [0.5, 0.6) is 0 Å². The van der Waals surface area contributed by atoms with E-state index in [0.29, 0.717) is 6.54 Å². The first-order valence-corrected chi connectivity index (χ1v) is 11.6. The Bertz CT molecular complexity index is 1110. The Labute approximate surface area is 201 Å². The molecule has 2 aromatic carbocycles. The maximum atomic E-state index is 12.0. The van der Waals surface area contributed by atoms with Crippen LogP contribution in [0.3, 0.4) is 0 Å². The largest absolute Gasteiger partial charge is 0.357 e. The fraction of sp³-hybridized carbons (Fsp3) is 0.318. The van der Waals surface area contributed by atoms with E-state index in [1.165, 1.54) is 18.0 Å². The van der Waals surface area contributed by atoms with E-state index in [0.717, 1.165) is 37.6 Å². The van der Waals surface area contributed by atoms with Crippen LogP contribution in [0, 0.1) is 0 Å². The van der Waals surface area contributed by atoms with Crippen molar-refractivity contribution in [3.63, 3.8) is 0 Å². The van der Waals surface area contributed by atoms with Crippen molar-refractivity contribution in [2.24, 2.45) is 4.99 Å². The number of halogens is 1. The van der Waals surface area contributed by atoms with Gasteiger partial charge in [-0.1, -0.05) is 30.3 Å². The second kappa shape index (κ2) is 12.1. The average Bonchev–Trinajstić information content (AvgIpc) is 3.18. The third kappa shape index (κ3) is 6.94. The molecule has 0 aliphatic rings. The second-order valence-electron chi connectivity index (χ2n) is 6.90. The summed E-state index contributed by atoms with van der Waals surface area (Å²) < 4.78 is 28.5. The molecule has 7 nitrogen and oxygen atoms in total. The maximum absolute atomic E-state index is 12.0. The number of aliphatic imine (C=N–C) groups is 1. The molecule has 9 heteroatoms. The van der Waals surface area contributed by atoms with Crippen molar-refractivity contribution in [2.45, 2.75) is 31.3 Å². The first-order chi connectivity index (χ1) is 14.5. The van der Waals surface area contributed by atoms with Crippen molar-refractivity contribution < 1.29 is 8.42 Å². The number of hydrogen-bond donors (Lipinski definition) is 3. The van der Waals surface area contributed by atoms with Crippen molar-refractivity contribution >= 4 is 50.9 Å². The molecular formula is C22H30IN5O2S. The molecule has 0 atom stereocenters. The summed E-state index contributed by atoms with van der Waals surface area (Å²) >= 11 is 0. The number of nitrogens with zero attached hydrogens (tertiary/aromatic N) is 2. The number of nitrogens with one attached hydrogen (secondary N) is 3. The molecule has 168 valence electrons. The minimum Gasteiger partial charge on any atom is -0.357 e. The molecule has 1 aromatic heterocycles. The standard InChI is InChI=1S/C22H29N5O2S.HI/c1-3-24-22(26-17-18-8-6-10-20(16-18)30(28,29)23-2)25-13-7-14-27-15-12-19-9-4-5-11-21(19)27;/h4-6,8-12,15-16,23H,3,7,13-14,17H2,1-2H3,(H2,24,25,26);1H. The molecule has 0 aliphatic carbocycles. The molecule has 0 unspecified atom stereocenters. The van der Waals surface area contributed by atoms with Gasteiger partial charge in [-0.3, -0.25) is 0 Å². The summed E-state index contributed by atoms with van der Waals surface area (Å²) in [6.45, 7) is 4.87. The van der Waals surface area contributed by atoms with E-state index in [1.807, 2.05) is 13.0 Å². The van der Waals surface area contributed by atoms with E-state index < -0.39 is 10.0 Å². The third-order valence-electron chi connectivity index (χ3n) is 4.79. The summed E-state index contributed by atoms with van der Waals surface area (Å²) in [5.74, 6) is 0.719. The molecule has 31 heavy (non-hydrogen) atoms. The number of para-hydroxylation sites is 1. The lowest BCUT2D eigenvalue weighted by atomic mass is 10.2. The summed E-state index contributed by atoms with van der Waals surface area (Å²) in [5.41, 5.74) is 2.08. The fourth-order valence-electron chi connectivity index (χ4n) is 3.23. The van der Waals surface area contributed by atoms with E-state index in [1.54, 1.807) is 18.2 Å². The Balaban J connectivity index is 0.00000341. The zero-order valence-electron chi connectivity index (χ0n) is 17.8. The number of fused-ring (bicyclic) bond motifs is 1. The molecule has 3 aromatic rings. The van der Waals surface area contributed by atoms with Crippen molar-refractivity contribution in [2.75, 3.05) is 20.1 Å². The van der Waals surface area contributed by atoms with Gasteiger partial charge in [-0.15, -0.1) is 24.0 Å². The second-order valence-corrected chi connectivity index (χ2v) is 8.78. The van der Waals surface area contributed by atoms with E-state index in [-0.39, 0.29) is 28.9 Å². The first-order valence-electron chi connectivity index (χ1n) is 10.1. The summed E-state index contributed by atoms with van der Waals surface area (Å²) in [6, 6.07) is 17.3. The van der Waals surface area contributed by atoms with Gasteiger partial charge in [0.1, 0.15) is 0 Å². The van der Waals surface area contributed by atoms with Crippen molar-refractivity contribution in [3.8, 4) is 0 Å². The van der Waals surface area contributed by atoms with Crippen molar-refractivity contribution in [1.82, 2.24) is 19.9 Å². The molecule has 0 saturated heterocycles. The maximum Gasteiger partial charge on any atom is 0.240 e. The average molecular weight is 555 g/mol. The number of aryl methyl sites for hydroxylation is 1. The van der Waals surface area contributed by atoms with E-state index >= 15 is 0 Å². The lowest BCUT2D eigenvalue weighted by molar-refractivity contribution is 0.588. The summed E-state index contributed by atoms with van der Waals surface area (Å²) in [7, 11) is -2.05. The Morgan fingerprint density at radius 1 is 1.06 bits per heavy atom. The van der Waals surface area contributed by atoms with Crippen LogP contribution in [0.15, 0.2) is 70.7 Å². The van der Waals surface area contributed by atoms with Gasteiger partial charge >= 0.3 is 0 Å². The van der Waals surface area contributed by atoms with Crippen LogP contribution in [0.2, 0.25) is 0 Å². The van der Waals surface area contributed by atoms with Crippen LogP contribution in [0.25, 0.3) is 10.9 Å². The minimum atomic E-state index is -3.46. The van der Waals surface area contributed by atoms with E-state index in [4.69, 9.17) is 0 Å². The SMILES string of the molecule is CCNC(=NCc1cccc(S(=O)(=O)NC)c1)NCCCn1ccc2ccccc21.I. The Hall–Kier alpha value is -2.11. The number of hydrogen-bond acceptors (Lipinski definition) is 3. The molecule has 0 amide bonds. The highest BCUT2D eigenvalue weighted by Gasteiger charge is 2.11. The van der Waals surface area contributed by atoms with Gasteiger partial charge in [0, 0.05) is 31.3 Å². The number of aromatic nitrogens is 1. The third-order valence-corrected chi connectivity index (χ3v) is 6.20. The van der Waals surface area contributed by atoms with Crippen LogP contribution in [0.4, 0.5) is 0 Å². The highest BCUT2D eigenvalue weighted by Crippen LogP contribution is 2.15. The number of benzene rings is 2. The lowest BCUT2D eigenvalue weighted by Crippen LogP contribution is -2.38. The van der Waals surface area contributed by atoms with Crippen LogP contribution in [-0.2, 0) is 23.1 Å². The lowest BCUT2D eigenvalue weighted by Gasteiger charge is -2.12. The van der Waals surface area contributed by atoms with Crippen molar-refractivity contribution in [3.05, 3.63) is 66.4 Å². The van der Waals surface area contributed by atoms with Gasteiger partial charge in [0.15, 0.2) is 5.96 Å². The van der Waals surface area contributed by atoms with Gasteiger partial charge < -0.3 is 15.2 Å². The number of guanidine groups is 1. The zero-order valence-corrected chi connectivity index (χ0v) is 21.0. The van der Waals surface area contributed by atoms with Crippen LogP contribution in [-0.4, -0.2) is 39.1 Å². The first kappa shape index (κ1) is 25.2. The van der Waals surface area contributed by atoms with Gasteiger partial charge in [-0.25, -0.2) is 18.1 Å². The molecule has 0 radical (unpaired) electrons. The predicted molar refractivity (Wildman–Crippen MR) is 137 cm³/mol. The molecule has 0 saturated carbocycles. The van der Waals surface area contributed by atoms with Gasteiger partial charge in [-0.05, 0) is 55.6 Å². The zero-order chi connectivity index (χ0) is 21.4. The molecule has 3 rings (SSSR count). The topological polar surface area (TPSA) is 87.5 Å². The van der Waals surface area contributed by atoms with Crippen LogP contribution >= 0.6 is 24.0 Å². The molecule has 0 aliphatic heterocycles. The molecule has 0 fully saturated rings. The highest BCUT2D eigenvalue weighted by atomic mass is 127. The Kier molecular flexibility index (Phi) is 9.79. The molecule has 1 heterocycles. The minimum absolute atomic E-state index is 0. The summed E-state index contributed by atoms with van der Waals surface area (Å²) in [4.78, 5) is 4.83. The smallest absolute Gasteiger partial charge is 0.240 e. The fourth-order valence-corrected chi connectivity index (χ4v) is 4.03. The number of rotatable bonds is 9. The molecule has 0 spiro atoms. The van der Waals surface area contributed by atoms with E-state index in [9.17, 15) is 8.42 Å².